The molecule has 0 aliphatic heterocycles. The van der Waals surface area contributed by atoms with Crippen molar-refractivity contribution in [1.29, 1.82) is 0 Å². The van der Waals surface area contributed by atoms with Crippen LogP contribution >= 0.6 is 0 Å². The van der Waals surface area contributed by atoms with Crippen LogP contribution in [-0.2, 0) is 19.0 Å². The summed E-state index contributed by atoms with van der Waals surface area (Å²) in [6.45, 7) is 3.07. The lowest BCUT2D eigenvalue weighted by molar-refractivity contribution is -0.144. The molecule has 5 nitrogen and oxygen atoms in total. The monoisotopic (exact) mass is 231 g/mol. The fourth-order valence-electron chi connectivity index (χ4n) is 1.21. The standard InChI is InChI=1S/C11H21NO4/c1-14-4-5-15-6-7-16-11(13)9-12-8-10-2-3-10/h10,12H,2-9H2,1H3. The van der Waals surface area contributed by atoms with Crippen molar-refractivity contribution in [3.05, 3.63) is 0 Å². The number of carbonyl (C=O) groups is 1. The fourth-order valence-corrected chi connectivity index (χ4v) is 1.21. The Labute approximate surface area is 96.4 Å². The van der Waals surface area contributed by atoms with Gasteiger partial charge in [-0.05, 0) is 25.3 Å². The Morgan fingerprint density at radius 2 is 2.00 bits per heavy atom. The van der Waals surface area contributed by atoms with E-state index in [1.54, 1.807) is 7.11 Å². The lowest BCUT2D eigenvalue weighted by atomic mass is 10.4. The fraction of sp³-hybridized carbons (Fsp3) is 0.909. The highest BCUT2D eigenvalue weighted by molar-refractivity contribution is 5.71. The zero-order valence-corrected chi connectivity index (χ0v) is 9.87. The van der Waals surface area contributed by atoms with Gasteiger partial charge < -0.3 is 19.5 Å². The third-order valence-corrected chi connectivity index (χ3v) is 2.32. The van der Waals surface area contributed by atoms with Gasteiger partial charge in [-0.25, -0.2) is 0 Å². The van der Waals surface area contributed by atoms with Gasteiger partial charge >= 0.3 is 5.97 Å². The first-order valence-corrected chi connectivity index (χ1v) is 5.76. The van der Waals surface area contributed by atoms with E-state index >= 15 is 0 Å². The second-order valence-corrected chi connectivity index (χ2v) is 3.90. The molecule has 0 aromatic rings. The molecular weight excluding hydrogens is 210 g/mol. The van der Waals surface area contributed by atoms with E-state index in [9.17, 15) is 4.79 Å². The highest BCUT2D eigenvalue weighted by Gasteiger charge is 2.20. The third kappa shape index (κ3) is 7.62. The van der Waals surface area contributed by atoms with Gasteiger partial charge in [0.25, 0.3) is 0 Å². The van der Waals surface area contributed by atoms with Crippen LogP contribution < -0.4 is 5.32 Å². The molecule has 1 aliphatic carbocycles. The third-order valence-electron chi connectivity index (χ3n) is 2.32. The molecule has 0 amide bonds. The Hall–Kier alpha value is -0.650. The molecule has 1 N–H and O–H groups in total. The number of ether oxygens (including phenoxy) is 3. The summed E-state index contributed by atoms with van der Waals surface area (Å²) in [7, 11) is 1.62. The molecule has 0 spiro atoms. The molecule has 1 fully saturated rings. The number of nitrogens with one attached hydrogen (secondary N) is 1. The molecular formula is C11H21NO4. The van der Waals surface area contributed by atoms with Crippen LogP contribution in [0.4, 0.5) is 0 Å². The van der Waals surface area contributed by atoms with E-state index in [-0.39, 0.29) is 5.97 Å². The SMILES string of the molecule is COCCOCCOC(=O)CNCC1CC1. The van der Waals surface area contributed by atoms with E-state index in [0.717, 1.165) is 12.5 Å². The molecule has 0 unspecified atom stereocenters. The van der Waals surface area contributed by atoms with Crippen LogP contribution in [0.15, 0.2) is 0 Å². The first-order chi connectivity index (χ1) is 7.83. The van der Waals surface area contributed by atoms with Crippen molar-refractivity contribution in [2.45, 2.75) is 12.8 Å². The Bertz CT molecular complexity index is 194. The van der Waals surface area contributed by atoms with E-state index in [4.69, 9.17) is 14.2 Å². The second kappa shape index (κ2) is 8.50. The smallest absolute Gasteiger partial charge is 0.320 e. The molecule has 1 rings (SSSR count). The summed E-state index contributed by atoms with van der Waals surface area (Å²) >= 11 is 0. The average Bonchev–Trinajstić information content (AvgIpc) is 3.07. The molecule has 0 saturated heterocycles. The van der Waals surface area contributed by atoms with Gasteiger partial charge in [0, 0.05) is 7.11 Å². The maximum absolute atomic E-state index is 11.2. The minimum absolute atomic E-state index is 0.212. The van der Waals surface area contributed by atoms with Gasteiger partial charge in [0.1, 0.15) is 6.61 Å². The van der Waals surface area contributed by atoms with Crippen molar-refractivity contribution in [2.24, 2.45) is 5.92 Å². The van der Waals surface area contributed by atoms with Gasteiger partial charge in [-0.15, -0.1) is 0 Å². The predicted molar refractivity (Wildman–Crippen MR) is 59.2 cm³/mol. The van der Waals surface area contributed by atoms with Crippen molar-refractivity contribution >= 4 is 5.97 Å². The molecule has 1 saturated carbocycles. The predicted octanol–water partition coefficient (Wildman–Crippen LogP) is 0.192. The van der Waals surface area contributed by atoms with Crippen LogP contribution in [0.3, 0.4) is 0 Å². The van der Waals surface area contributed by atoms with Crippen LogP contribution in [0.2, 0.25) is 0 Å². The minimum Gasteiger partial charge on any atom is -0.462 e. The molecule has 0 atom stereocenters. The number of carbonyl (C=O) groups excluding carboxylic acids is 1. The quantitative estimate of drug-likeness (QED) is 0.430. The number of hydrogen-bond acceptors (Lipinski definition) is 5. The number of hydrogen-bond donors (Lipinski definition) is 1. The van der Waals surface area contributed by atoms with Gasteiger partial charge in [0.15, 0.2) is 0 Å². The highest BCUT2D eigenvalue weighted by Crippen LogP contribution is 2.27. The first kappa shape index (κ1) is 13.4. The molecule has 0 bridgehead atoms. The molecule has 0 radical (unpaired) electrons. The Balaban J connectivity index is 1.78. The van der Waals surface area contributed by atoms with Crippen LogP contribution in [0.1, 0.15) is 12.8 Å². The largest absolute Gasteiger partial charge is 0.462 e. The Morgan fingerprint density at radius 1 is 1.25 bits per heavy atom. The van der Waals surface area contributed by atoms with Crippen LogP contribution in [0, 0.1) is 5.92 Å². The summed E-state index contributed by atoms with van der Waals surface area (Å²) in [5.74, 6) is 0.571. The number of esters is 1. The van der Waals surface area contributed by atoms with Crippen LogP contribution in [0.25, 0.3) is 0 Å². The summed E-state index contributed by atoms with van der Waals surface area (Å²) in [6, 6.07) is 0. The highest BCUT2D eigenvalue weighted by atomic mass is 16.6. The Kier molecular flexibility index (Phi) is 7.12. The normalized spacial score (nSPS) is 15.1. The molecule has 0 heterocycles. The summed E-state index contributed by atoms with van der Waals surface area (Å²) in [5.41, 5.74) is 0. The Morgan fingerprint density at radius 3 is 2.69 bits per heavy atom. The van der Waals surface area contributed by atoms with Crippen molar-refractivity contribution in [1.82, 2.24) is 5.32 Å². The van der Waals surface area contributed by atoms with E-state index < -0.39 is 0 Å². The maximum atomic E-state index is 11.2. The van der Waals surface area contributed by atoms with Crippen molar-refractivity contribution in [3.8, 4) is 0 Å². The second-order valence-electron chi connectivity index (χ2n) is 3.90. The van der Waals surface area contributed by atoms with Gasteiger partial charge in [-0.2, -0.15) is 0 Å². The summed E-state index contributed by atoms with van der Waals surface area (Å²) in [5, 5.41) is 3.07. The maximum Gasteiger partial charge on any atom is 0.320 e. The van der Waals surface area contributed by atoms with Gasteiger partial charge in [0.2, 0.25) is 0 Å². The summed E-state index contributed by atoms with van der Waals surface area (Å²) < 4.78 is 14.9. The average molecular weight is 231 g/mol. The lowest BCUT2D eigenvalue weighted by Crippen LogP contribution is -2.27. The van der Waals surface area contributed by atoms with Crippen molar-refractivity contribution in [3.63, 3.8) is 0 Å². The summed E-state index contributed by atoms with van der Waals surface area (Å²) in [4.78, 5) is 11.2. The number of rotatable bonds is 10. The molecule has 1 aliphatic rings. The molecule has 0 aromatic carbocycles. The van der Waals surface area contributed by atoms with Gasteiger partial charge in [0.05, 0.1) is 26.4 Å². The van der Waals surface area contributed by atoms with E-state index in [1.165, 1.54) is 12.8 Å². The first-order valence-electron chi connectivity index (χ1n) is 5.76. The molecule has 0 aromatic heterocycles. The van der Waals surface area contributed by atoms with Crippen LogP contribution in [-0.4, -0.2) is 52.6 Å². The van der Waals surface area contributed by atoms with Crippen LogP contribution in [0.5, 0.6) is 0 Å². The van der Waals surface area contributed by atoms with E-state index in [1.807, 2.05) is 0 Å². The molecule has 5 heteroatoms. The van der Waals surface area contributed by atoms with Gasteiger partial charge in [-0.3, -0.25) is 4.79 Å². The zero-order chi connectivity index (χ0) is 11.6. The lowest BCUT2D eigenvalue weighted by Gasteiger charge is -2.06. The van der Waals surface area contributed by atoms with Crippen molar-refractivity contribution in [2.75, 3.05) is 46.6 Å². The number of methoxy groups -OCH3 is 1. The van der Waals surface area contributed by atoms with E-state index in [0.29, 0.717) is 33.0 Å². The molecule has 94 valence electrons. The summed E-state index contributed by atoms with van der Waals surface area (Å²) in [6.07, 6.45) is 2.57. The van der Waals surface area contributed by atoms with Gasteiger partial charge in [-0.1, -0.05) is 0 Å². The topological polar surface area (TPSA) is 56.8 Å². The van der Waals surface area contributed by atoms with E-state index in [2.05, 4.69) is 5.32 Å². The minimum atomic E-state index is -0.212. The van der Waals surface area contributed by atoms with Crippen molar-refractivity contribution < 1.29 is 19.0 Å². The zero-order valence-electron chi connectivity index (χ0n) is 9.87. The molecule has 16 heavy (non-hydrogen) atoms.